The SMILES string of the molecule is Cc1cnccc1C=CCCNC(=O)OC(C)(C)C. The minimum absolute atomic E-state index is 0.374. The second-order valence-corrected chi connectivity index (χ2v) is 5.35. The second-order valence-electron chi connectivity index (χ2n) is 5.35. The van der Waals surface area contributed by atoms with Gasteiger partial charge in [0.05, 0.1) is 0 Å². The molecule has 0 saturated heterocycles. The van der Waals surface area contributed by atoms with Gasteiger partial charge in [0.1, 0.15) is 5.60 Å². The highest BCUT2D eigenvalue weighted by atomic mass is 16.6. The van der Waals surface area contributed by atoms with Crippen molar-refractivity contribution < 1.29 is 9.53 Å². The molecule has 0 spiro atoms. The van der Waals surface area contributed by atoms with Crippen molar-refractivity contribution in [2.45, 2.75) is 39.7 Å². The quantitative estimate of drug-likeness (QED) is 0.847. The summed E-state index contributed by atoms with van der Waals surface area (Å²) in [6.07, 6.45) is 8.06. The van der Waals surface area contributed by atoms with Gasteiger partial charge in [-0.25, -0.2) is 4.79 Å². The number of pyridine rings is 1. The smallest absolute Gasteiger partial charge is 0.407 e. The highest BCUT2D eigenvalue weighted by Crippen LogP contribution is 2.08. The fraction of sp³-hybridized carbons (Fsp3) is 0.467. The highest BCUT2D eigenvalue weighted by molar-refractivity contribution is 5.67. The number of aryl methyl sites for hydroxylation is 1. The summed E-state index contributed by atoms with van der Waals surface area (Å²) in [7, 11) is 0. The number of amides is 1. The molecule has 1 aromatic heterocycles. The van der Waals surface area contributed by atoms with Crippen LogP contribution in [0, 0.1) is 6.92 Å². The van der Waals surface area contributed by atoms with Crippen molar-refractivity contribution in [1.29, 1.82) is 0 Å². The van der Waals surface area contributed by atoms with Crippen molar-refractivity contribution in [3.05, 3.63) is 35.7 Å². The van der Waals surface area contributed by atoms with E-state index in [4.69, 9.17) is 4.74 Å². The van der Waals surface area contributed by atoms with Crippen molar-refractivity contribution in [2.24, 2.45) is 0 Å². The number of hydrogen-bond donors (Lipinski definition) is 1. The lowest BCUT2D eigenvalue weighted by Crippen LogP contribution is -2.32. The third-order valence-corrected chi connectivity index (χ3v) is 2.34. The number of nitrogens with zero attached hydrogens (tertiary/aromatic N) is 1. The number of alkyl carbamates (subject to hydrolysis) is 1. The van der Waals surface area contributed by atoms with Gasteiger partial charge in [0.15, 0.2) is 0 Å². The average Bonchev–Trinajstić information content (AvgIpc) is 2.28. The van der Waals surface area contributed by atoms with Crippen molar-refractivity contribution >= 4 is 12.2 Å². The van der Waals surface area contributed by atoms with Crippen LogP contribution in [0.25, 0.3) is 6.08 Å². The van der Waals surface area contributed by atoms with Crippen LogP contribution >= 0.6 is 0 Å². The van der Waals surface area contributed by atoms with Gasteiger partial charge in [-0.1, -0.05) is 12.2 Å². The van der Waals surface area contributed by atoms with Gasteiger partial charge in [-0.05, 0) is 51.3 Å². The molecule has 0 aliphatic rings. The molecule has 0 unspecified atom stereocenters. The standard InChI is InChI=1S/C15H22N2O2/c1-12-11-16-10-8-13(12)7-5-6-9-17-14(18)19-15(2,3)4/h5,7-8,10-11H,6,9H2,1-4H3,(H,17,18). The third kappa shape index (κ3) is 6.60. The highest BCUT2D eigenvalue weighted by Gasteiger charge is 2.15. The molecule has 0 fully saturated rings. The van der Waals surface area contributed by atoms with E-state index in [9.17, 15) is 4.79 Å². The lowest BCUT2D eigenvalue weighted by atomic mass is 10.1. The maximum Gasteiger partial charge on any atom is 0.407 e. The number of carbonyl (C=O) groups excluding carboxylic acids is 1. The predicted octanol–water partition coefficient (Wildman–Crippen LogP) is 3.32. The van der Waals surface area contributed by atoms with Gasteiger partial charge in [-0.2, -0.15) is 0 Å². The Labute approximate surface area is 114 Å². The number of rotatable bonds is 4. The van der Waals surface area contributed by atoms with Crippen molar-refractivity contribution in [1.82, 2.24) is 10.3 Å². The molecule has 0 aliphatic heterocycles. The van der Waals surface area contributed by atoms with Crippen LogP contribution in [0.5, 0.6) is 0 Å². The van der Waals surface area contributed by atoms with E-state index in [1.165, 1.54) is 0 Å². The fourth-order valence-electron chi connectivity index (χ4n) is 1.45. The number of ether oxygens (including phenoxy) is 1. The Bertz CT molecular complexity index is 448. The van der Waals surface area contributed by atoms with Gasteiger partial charge in [-0.3, -0.25) is 4.98 Å². The van der Waals surface area contributed by atoms with Gasteiger partial charge in [0.2, 0.25) is 0 Å². The van der Waals surface area contributed by atoms with E-state index in [-0.39, 0.29) is 6.09 Å². The van der Waals surface area contributed by atoms with Crippen LogP contribution in [0.2, 0.25) is 0 Å². The molecule has 0 aromatic carbocycles. The van der Waals surface area contributed by atoms with Crippen molar-refractivity contribution in [2.75, 3.05) is 6.54 Å². The minimum Gasteiger partial charge on any atom is -0.444 e. The Hall–Kier alpha value is -1.84. The van der Waals surface area contributed by atoms with Gasteiger partial charge in [0.25, 0.3) is 0 Å². The lowest BCUT2D eigenvalue weighted by Gasteiger charge is -2.19. The van der Waals surface area contributed by atoms with E-state index < -0.39 is 5.60 Å². The molecule has 4 heteroatoms. The summed E-state index contributed by atoms with van der Waals surface area (Å²) in [5.41, 5.74) is 1.83. The Morgan fingerprint density at radius 2 is 2.21 bits per heavy atom. The molecule has 1 amide bonds. The molecule has 1 aromatic rings. The first-order valence-corrected chi connectivity index (χ1v) is 6.42. The molecule has 0 bridgehead atoms. The normalized spacial score (nSPS) is 11.6. The summed E-state index contributed by atoms with van der Waals surface area (Å²) in [6.45, 7) is 8.12. The summed E-state index contributed by atoms with van der Waals surface area (Å²) in [4.78, 5) is 15.4. The van der Waals surface area contributed by atoms with Gasteiger partial charge >= 0.3 is 6.09 Å². The first kappa shape index (κ1) is 15.2. The van der Waals surface area contributed by atoms with E-state index >= 15 is 0 Å². The van der Waals surface area contributed by atoms with Gasteiger partial charge in [-0.15, -0.1) is 0 Å². The number of carbonyl (C=O) groups is 1. The molecule has 0 atom stereocenters. The minimum atomic E-state index is -0.450. The van der Waals surface area contributed by atoms with E-state index in [2.05, 4.69) is 10.3 Å². The molecule has 1 heterocycles. The number of aromatic nitrogens is 1. The first-order valence-electron chi connectivity index (χ1n) is 6.42. The molecule has 1 rings (SSSR count). The van der Waals surface area contributed by atoms with E-state index in [1.54, 1.807) is 6.20 Å². The van der Waals surface area contributed by atoms with Gasteiger partial charge < -0.3 is 10.1 Å². The lowest BCUT2D eigenvalue weighted by molar-refractivity contribution is 0.0529. The molecule has 4 nitrogen and oxygen atoms in total. The molecule has 104 valence electrons. The zero-order chi connectivity index (χ0) is 14.3. The Balaban J connectivity index is 2.28. The Morgan fingerprint density at radius 1 is 1.47 bits per heavy atom. The monoisotopic (exact) mass is 262 g/mol. The van der Waals surface area contributed by atoms with Crippen molar-refractivity contribution in [3.63, 3.8) is 0 Å². The third-order valence-electron chi connectivity index (χ3n) is 2.34. The molecule has 0 saturated carbocycles. The summed E-state index contributed by atoms with van der Waals surface area (Å²) >= 11 is 0. The summed E-state index contributed by atoms with van der Waals surface area (Å²) in [5, 5.41) is 2.72. The van der Waals surface area contributed by atoms with Crippen LogP contribution < -0.4 is 5.32 Å². The largest absolute Gasteiger partial charge is 0.444 e. The fourth-order valence-corrected chi connectivity index (χ4v) is 1.45. The van der Waals surface area contributed by atoms with E-state index in [0.717, 1.165) is 17.5 Å². The first-order chi connectivity index (χ1) is 8.88. The maximum atomic E-state index is 11.4. The molecule has 19 heavy (non-hydrogen) atoms. The Morgan fingerprint density at radius 3 is 2.84 bits per heavy atom. The zero-order valence-corrected chi connectivity index (χ0v) is 12.1. The average molecular weight is 262 g/mol. The van der Waals surface area contributed by atoms with Crippen molar-refractivity contribution in [3.8, 4) is 0 Å². The van der Waals surface area contributed by atoms with Crippen LogP contribution in [0.3, 0.4) is 0 Å². The van der Waals surface area contributed by atoms with Crippen LogP contribution in [-0.4, -0.2) is 23.2 Å². The molecule has 0 aliphatic carbocycles. The topological polar surface area (TPSA) is 51.2 Å². The zero-order valence-electron chi connectivity index (χ0n) is 12.1. The summed E-state index contributed by atoms with van der Waals surface area (Å²) < 4.78 is 5.14. The predicted molar refractivity (Wildman–Crippen MR) is 76.9 cm³/mol. The van der Waals surface area contributed by atoms with Crippen LogP contribution in [-0.2, 0) is 4.74 Å². The van der Waals surface area contributed by atoms with E-state index in [1.807, 2.05) is 52.1 Å². The molecule has 0 radical (unpaired) electrons. The van der Waals surface area contributed by atoms with Crippen LogP contribution in [0.15, 0.2) is 24.5 Å². The molecular weight excluding hydrogens is 240 g/mol. The number of hydrogen-bond acceptors (Lipinski definition) is 3. The summed E-state index contributed by atoms with van der Waals surface area (Å²) in [5.74, 6) is 0. The van der Waals surface area contributed by atoms with Crippen LogP contribution in [0.1, 0.15) is 38.3 Å². The van der Waals surface area contributed by atoms with Gasteiger partial charge in [0, 0.05) is 18.9 Å². The second kappa shape index (κ2) is 6.92. The summed E-state index contributed by atoms with van der Waals surface area (Å²) in [6, 6.07) is 1.97. The molecular formula is C15H22N2O2. The maximum absolute atomic E-state index is 11.4. The number of nitrogens with one attached hydrogen (secondary N) is 1. The van der Waals surface area contributed by atoms with Crippen LogP contribution in [0.4, 0.5) is 4.79 Å². The Kier molecular flexibility index (Phi) is 5.55. The van der Waals surface area contributed by atoms with E-state index in [0.29, 0.717) is 6.54 Å². The molecule has 1 N–H and O–H groups in total.